The molecule has 1 fully saturated rings. The molecule has 0 aromatic heterocycles. The van der Waals surface area contributed by atoms with Crippen LogP contribution in [0.3, 0.4) is 0 Å². The van der Waals surface area contributed by atoms with Gasteiger partial charge in [-0.25, -0.2) is 4.79 Å². The smallest absolute Gasteiger partial charge is 0.397 e. The maximum Gasteiger partial charge on any atom is 0.397 e. The van der Waals surface area contributed by atoms with E-state index in [0.29, 0.717) is 19.0 Å². The van der Waals surface area contributed by atoms with Crippen molar-refractivity contribution < 1.29 is 19.1 Å². The van der Waals surface area contributed by atoms with Crippen LogP contribution in [0.2, 0.25) is 0 Å². The van der Waals surface area contributed by atoms with Crippen LogP contribution in [0.25, 0.3) is 0 Å². The molecule has 6 heteroatoms. The topological polar surface area (TPSA) is 66.9 Å². The lowest BCUT2D eigenvalue weighted by Crippen LogP contribution is -2.43. The molecule has 0 radical (unpaired) electrons. The largest absolute Gasteiger partial charge is 0.448 e. The Morgan fingerprint density at radius 1 is 1.22 bits per heavy atom. The standard InChI is InChI=1S/C12H20N2O4/c1-9-4-6-14(7-5-9)11(16)12(17)18-8-10(15)13(2)3/h9H,4-8H2,1-3H3. The van der Waals surface area contributed by atoms with E-state index in [0.717, 1.165) is 12.8 Å². The lowest BCUT2D eigenvalue weighted by atomic mass is 9.99. The van der Waals surface area contributed by atoms with Crippen LogP contribution >= 0.6 is 0 Å². The van der Waals surface area contributed by atoms with E-state index < -0.39 is 11.9 Å². The number of ether oxygens (including phenoxy) is 1. The normalized spacial score (nSPS) is 16.3. The second-order valence-corrected chi connectivity index (χ2v) is 4.84. The number of hydrogen-bond donors (Lipinski definition) is 0. The van der Waals surface area contributed by atoms with Crippen LogP contribution in [0, 0.1) is 5.92 Å². The number of hydrogen-bond acceptors (Lipinski definition) is 4. The van der Waals surface area contributed by atoms with Gasteiger partial charge in [0, 0.05) is 27.2 Å². The van der Waals surface area contributed by atoms with Gasteiger partial charge in [-0.1, -0.05) is 6.92 Å². The molecular weight excluding hydrogens is 236 g/mol. The van der Waals surface area contributed by atoms with E-state index in [1.807, 2.05) is 0 Å². The van der Waals surface area contributed by atoms with Crippen molar-refractivity contribution in [3.05, 3.63) is 0 Å². The number of piperidine rings is 1. The van der Waals surface area contributed by atoms with Crippen LogP contribution in [0.15, 0.2) is 0 Å². The van der Waals surface area contributed by atoms with Gasteiger partial charge < -0.3 is 14.5 Å². The van der Waals surface area contributed by atoms with Crippen LogP contribution < -0.4 is 0 Å². The fourth-order valence-electron chi connectivity index (χ4n) is 1.66. The first-order chi connectivity index (χ1) is 8.41. The summed E-state index contributed by atoms with van der Waals surface area (Å²) in [5, 5.41) is 0. The van der Waals surface area contributed by atoms with Crippen molar-refractivity contribution in [2.45, 2.75) is 19.8 Å². The Kier molecular flexibility index (Phi) is 5.12. The van der Waals surface area contributed by atoms with E-state index in [1.54, 1.807) is 14.1 Å². The van der Waals surface area contributed by atoms with Gasteiger partial charge >= 0.3 is 11.9 Å². The molecule has 0 aromatic carbocycles. The van der Waals surface area contributed by atoms with Gasteiger partial charge in [0.05, 0.1) is 0 Å². The van der Waals surface area contributed by atoms with Crippen LogP contribution in [-0.4, -0.2) is 61.4 Å². The first-order valence-electron chi connectivity index (χ1n) is 6.08. The van der Waals surface area contributed by atoms with E-state index in [-0.39, 0.29) is 12.5 Å². The van der Waals surface area contributed by atoms with Gasteiger partial charge in [-0.3, -0.25) is 9.59 Å². The third-order valence-electron chi connectivity index (χ3n) is 3.07. The monoisotopic (exact) mass is 256 g/mol. The molecule has 0 bridgehead atoms. The van der Waals surface area contributed by atoms with Crippen molar-refractivity contribution in [2.75, 3.05) is 33.8 Å². The SMILES string of the molecule is CC1CCN(C(=O)C(=O)OCC(=O)N(C)C)CC1. The molecule has 0 N–H and O–H groups in total. The Balaban J connectivity index is 2.37. The summed E-state index contributed by atoms with van der Waals surface area (Å²) in [5.41, 5.74) is 0. The van der Waals surface area contributed by atoms with Gasteiger partial charge in [-0.2, -0.15) is 0 Å². The molecule has 0 aromatic rings. The summed E-state index contributed by atoms with van der Waals surface area (Å²) in [4.78, 5) is 37.2. The molecule has 0 atom stereocenters. The Bertz CT molecular complexity index is 333. The zero-order chi connectivity index (χ0) is 13.7. The van der Waals surface area contributed by atoms with Gasteiger partial charge in [0.2, 0.25) is 0 Å². The average Bonchev–Trinajstić information content (AvgIpc) is 2.35. The van der Waals surface area contributed by atoms with Crippen LogP contribution in [0.4, 0.5) is 0 Å². The molecule has 18 heavy (non-hydrogen) atoms. The van der Waals surface area contributed by atoms with E-state index >= 15 is 0 Å². The van der Waals surface area contributed by atoms with Crippen molar-refractivity contribution in [2.24, 2.45) is 5.92 Å². The highest BCUT2D eigenvalue weighted by atomic mass is 16.5. The number of rotatable bonds is 2. The molecule has 0 saturated carbocycles. The van der Waals surface area contributed by atoms with Crippen molar-refractivity contribution in [1.82, 2.24) is 9.80 Å². The number of likely N-dealkylation sites (N-methyl/N-ethyl adjacent to an activating group) is 1. The molecule has 1 aliphatic rings. The van der Waals surface area contributed by atoms with E-state index in [1.165, 1.54) is 9.80 Å². The highest BCUT2D eigenvalue weighted by Crippen LogP contribution is 2.16. The molecule has 1 aliphatic heterocycles. The molecule has 1 saturated heterocycles. The van der Waals surface area contributed by atoms with Gasteiger partial charge in [0.1, 0.15) is 0 Å². The predicted octanol–water partition coefficient (Wildman–Crippen LogP) is -0.124. The molecule has 0 spiro atoms. The maximum absolute atomic E-state index is 11.7. The predicted molar refractivity (Wildman–Crippen MR) is 64.6 cm³/mol. The Labute approximate surface area is 107 Å². The highest BCUT2D eigenvalue weighted by molar-refractivity contribution is 6.32. The summed E-state index contributed by atoms with van der Waals surface area (Å²) in [6, 6.07) is 0. The number of carbonyl (C=O) groups is 3. The lowest BCUT2D eigenvalue weighted by molar-refractivity contribution is -0.163. The van der Waals surface area contributed by atoms with E-state index in [9.17, 15) is 14.4 Å². The van der Waals surface area contributed by atoms with Crippen molar-refractivity contribution >= 4 is 17.8 Å². The van der Waals surface area contributed by atoms with Crippen molar-refractivity contribution in [1.29, 1.82) is 0 Å². The van der Waals surface area contributed by atoms with Gasteiger partial charge in [-0.05, 0) is 18.8 Å². The second kappa shape index (κ2) is 6.37. The maximum atomic E-state index is 11.7. The molecular formula is C12H20N2O4. The number of likely N-dealkylation sites (tertiary alicyclic amines) is 1. The summed E-state index contributed by atoms with van der Waals surface area (Å²) >= 11 is 0. The van der Waals surface area contributed by atoms with Gasteiger partial charge in [-0.15, -0.1) is 0 Å². The van der Waals surface area contributed by atoms with Crippen molar-refractivity contribution in [3.8, 4) is 0 Å². The minimum absolute atomic E-state index is 0.344. The zero-order valence-electron chi connectivity index (χ0n) is 11.1. The summed E-state index contributed by atoms with van der Waals surface area (Å²) in [7, 11) is 3.12. The first-order valence-corrected chi connectivity index (χ1v) is 6.08. The Hall–Kier alpha value is -1.59. The van der Waals surface area contributed by atoms with Gasteiger partial charge in [0.15, 0.2) is 6.61 Å². The highest BCUT2D eigenvalue weighted by Gasteiger charge is 2.27. The van der Waals surface area contributed by atoms with Crippen molar-refractivity contribution in [3.63, 3.8) is 0 Å². The molecule has 1 heterocycles. The molecule has 0 unspecified atom stereocenters. The average molecular weight is 256 g/mol. The third kappa shape index (κ3) is 4.01. The van der Waals surface area contributed by atoms with E-state index in [2.05, 4.69) is 11.7 Å². The van der Waals surface area contributed by atoms with Gasteiger partial charge in [0.25, 0.3) is 5.91 Å². The molecule has 6 nitrogen and oxygen atoms in total. The fraction of sp³-hybridized carbons (Fsp3) is 0.750. The molecule has 0 aliphatic carbocycles. The van der Waals surface area contributed by atoms with Crippen LogP contribution in [-0.2, 0) is 19.1 Å². The quantitative estimate of drug-likeness (QED) is 0.510. The summed E-state index contributed by atoms with van der Waals surface area (Å²) in [5.74, 6) is -1.35. The summed E-state index contributed by atoms with van der Waals surface area (Å²) in [6.45, 7) is 2.89. The Morgan fingerprint density at radius 3 is 2.28 bits per heavy atom. The number of esters is 1. The molecule has 102 valence electrons. The number of carbonyl (C=O) groups excluding carboxylic acids is 3. The van der Waals surface area contributed by atoms with Crippen LogP contribution in [0.1, 0.15) is 19.8 Å². The fourth-order valence-corrected chi connectivity index (χ4v) is 1.66. The molecule has 2 amide bonds. The minimum atomic E-state index is -0.945. The number of nitrogens with zero attached hydrogens (tertiary/aromatic N) is 2. The molecule has 1 rings (SSSR count). The summed E-state index contributed by atoms with van der Waals surface area (Å²) in [6.07, 6.45) is 1.80. The van der Waals surface area contributed by atoms with Crippen LogP contribution in [0.5, 0.6) is 0 Å². The third-order valence-corrected chi connectivity index (χ3v) is 3.07. The Morgan fingerprint density at radius 2 is 1.78 bits per heavy atom. The zero-order valence-corrected chi connectivity index (χ0v) is 11.1. The lowest BCUT2D eigenvalue weighted by Gasteiger charge is -2.29. The van der Waals surface area contributed by atoms with E-state index in [4.69, 9.17) is 0 Å². The minimum Gasteiger partial charge on any atom is -0.448 e. The summed E-state index contributed by atoms with van der Waals surface area (Å²) < 4.78 is 4.69. The second-order valence-electron chi connectivity index (χ2n) is 4.84. The number of amides is 2. The first kappa shape index (κ1) is 14.5.